The number of rotatable bonds is 5. The Balaban J connectivity index is 2.53. The molecule has 0 atom stereocenters. The van der Waals surface area contributed by atoms with E-state index in [2.05, 4.69) is 15.9 Å². The quantitative estimate of drug-likeness (QED) is 0.504. The van der Waals surface area contributed by atoms with Gasteiger partial charge in [-0.2, -0.15) is 0 Å². The third-order valence-electron chi connectivity index (χ3n) is 0.658. The highest BCUT2D eigenvalue weighted by atomic mass is 79.9. The Morgan fingerprint density at radius 3 is 2.62 bits per heavy atom. The molecule has 0 heterocycles. The third-order valence-corrected chi connectivity index (χ3v) is 1.22. The molecule has 50 valence electrons. The molecule has 0 fully saturated rings. The van der Waals surface area contributed by atoms with E-state index >= 15 is 0 Å². The lowest BCUT2D eigenvalue weighted by molar-refractivity contribution is 0.0934. The fraction of sp³-hybridized carbons (Fsp3) is 1.00. The van der Waals surface area contributed by atoms with E-state index in [-0.39, 0.29) is 6.61 Å². The number of aliphatic hydroxyl groups excluding tert-OH is 1. The Labute approximate surface area is 58.0 Å². The van der Waals surface area contributed by atoms with Gasteiger partial charge in [-0.1, -0.05) is 15.9 Å². The number of hydrogen-bond donors (Lipinski definition) is 1. The Morgan fingerprint density at radius 1 is 1.38 bits per heavy atom. The summed E-state index contributed by atoms with van der Waals surface area (Å²) in [5.41, 5.74) is 0. The minimum absolute atomic E-state index is 0.127. The van der Waals surface area contributed by atoms with Gasteiger partial charge in [0.1, 0.15) is 0 Å². The SMILES string of the molecule is OCCOCCCBr. The van der Waals surface area contributed by atoms with Crippen molar-refractivity contribution < 1.29 is 9.84 Å². The van der Waals surface area contributed by atoms with Crippen molar-refractivity contribution in [3.8, 4) is 0 Å². The maximum atomic E-state index is 8.23. The predicted molar refractivity (Wildman–Crippen MR) is 36.3 cm³/mol. The van der Waals surface area contributed by atoms with E-state index in [0.29, 0.717) is 6.61 Å². The number of hydrogen-bond acceptors (Lipinski definition) is 2. The van der Waals surface area contributed by atoms with Gasteiger partial charge in [0.15, 0.2) is 0 Å². The van der Waals surface area contributed by atoms with Crippen LogP contribution in [0.5, 0.6) is 0 Å². The van der Waals surface area contributed by atoms with Crippen molar-refractivity contribution >= 4 is 15.9 Å². The van der Waals surface area contributed by atoms with Crippen LogP contribution in [-0.2, 0) is 4.74 Å². The molecule has 0 rings (SSSR count). The summed E-state index contributed by atoms with van der Waals surface area (Å²) in [6.07, 6.45) is 1.01. The number of aliphatic hydroxyl groups is 1. The van der Waals surface area contributed by atoms with Gasteiger partial charge in [0.2, 0.25) is 0 Å². The lowest BCUT2D eigenvalue weighted by atomic mass is 10.5. The smallest absolute Gasteiger partial charge is 0.0697 e. The summed E-state index contributed by atoms with van der Waals surface area (Å²) >= 11 is 3.26. The molecule has 0 amide bonds. The van der Waals surface area contributed by atoms with Crippen molar-refractivity contribution in [1.29, 1.82) is 0 Å². The summed E-state index contributed by atoms with van der Waals surface area (Å²) in [6, 6.07) is 0. The highest BCUT2D eigenvalue weighted by Crippen LogP contribution is 1.87. The summed E-state index contributed by atoms with van der Waals surface area (Å²) in [6.45, 7) is 1.33. The predicted octanol–water partition coefficient (Wildman–Crippen LogP) is 0.780. The van der Waals surface area contributed by atoms with Crippen LogP contribution in [-0.4, -0.2) is 30.3 Å². The molecule has 0 aliphatic carbocycles. The molecular formula is C5H11BrO2. The summed E-state index contributed by atoms with van der Waals surface area (Å²) < 4.78 is 4.94. The second kappa shape index (κ2) is 7.40. The summed E-state index contributed by atoms with van der Waals surface area (Å²) in [4.78, 5) is 0. The molecule has 0 aromatic heterocycles. The molecule has 0 radical (unpaired) electrons. The zero-order valence-electron chi connectivity index (χ0n) is 4.77. The Kier molecular flexibility index (Phi) is 7.77. The Bertz CT molecular complexity index is 35.4. The monoisotopic (exact) mass is 182 g/mol. The molecule has 3 heteroatoms. The van der Waals surface area contributed by atoms with Crippen molar-refractivity contribution in [1.82, 2.24) is 0 Å². The molecule has 1 N–H and O–H groups in total. The molecule has 0 aliphatic heterocycles. The molecule has 0 aliphatic rings. The van der Waals surface area contributed by atoms with Gasteiger partial charge in [-0.25, -0.2) is 0 Å². The highest BCUT2D eigenvalue weighted by molar-refractivity contribution is 9.09. The number of alkyl halides is 1. The minimum Gasteiger partial charge on any atom is -0.394 e. The first-order valence-corrected chi connectivity index (χ1v) is 3.78. The number of ether oxygens (including phenoxy) is 1. The topological polar surface area (TPSA) is 29.5 Å². The van der Waals surface area contributed by atoms with Crippen molar-refractivity contribution in [2.75, 3.05) is 25.2 Å². The first-order valence-electron chi connectivity index (χ1n) is 2.66. The number of halogens is 1. The maximum absolute atomic E-state index is 8.23. The lowest BCUT2D eigenvalue weighted by Gasteiger charge is -1.96. The van der Waals surface area contributed by atoms with Crippen molar-refractivity contribution in [2.45, 2.75) is 6.42 Å². The zero-order chi connectivity index (χ0) is 6.24. The van der Waals surface area contributed by atoms with Gasteiger partial charge >= 0.3 is 0 Å². The van der Waals surface area contributed by atoms with E-state index in [4.69, 9.17) is 9.84 Å². The van der Waals surface area contributed by atoms with E-state index < -0.39 is 0 Å². The van der Waals surface area contributed by atoms with Gasteiger partial charge in [-0.05, 0) is 6.42 Å². The van der Waals surface area contributed by atoms with Crippen LogP contribution in [0.15, 0.2) is 0 Å². The van der Waals surface area contributed by atoms with Crippen LogP contribution >= 0.6 is 15.9 Å². The van der Waals surface area contributed by atoms with E-state index in [9.17, 15) is 0 Å². The van der Waals surface area contributed by atoms with Crippen LogP contribution in [0.25, 0.3) is 0 Å². The lowest BCUT2D eigenvalue weighted by Crippen LogP contribution is -2.00. The first-order chi connectivity index (χ1) is 3.91. The summed E-state index contributed by atoms with van der Waals surface area (Å²) in [7, 11) is 0. The molecule has 0 saturated heterocycles. The molecule has 8 heavy (non-hydrogen) atoms. The fourth-order valence-corrected chi connectivity index (χ4v) is 0.552. The van der Waals surface area contributed by atoms with Crippen molar-refractivity contribution in [3.05, 3.63) is 0 Å². The van der Waals surface area contributed by atoms with Crippen LogP contribution in [0, 0.1) is 0 Å². The van der Waals surface area contributed by atoms with E-state index in [1.165, 1.54) is 0 Å². The van der Waals surface area contributed by atoms with Crippen LogP contribution in [0.2, 0.25) is 0 Å². The van der Waals surface area contributed by atoms with Crippen LogP contribution in [0.4, 0.5) is 0 Å². The van der Waals surface area contributed by atoms with E-state index in [0.717, 1.165) is 18.4 Å². The highest BCUT2D eigenvalue weighted by Gasteiger charge is 1.83. The average Bonchev–Trinajstić information content (AvgIpc) is 1.81. The fourth-order valence-electron chi connectivity index (χ4n) is 0.323. The largest absolute Gasteiger partial charge is 0.394 e. The van der Waals surface area contributed by atoms with Crippen molar-refractivity contribution in [3.63, 3.8) is 0 Å². The second-order valence-electron chi connectivity index (χ2n) is 1.38. The molecule has 0 saturated carbocycles. The second-order valence-corrected chi connectivity index (χ2v) is 2.17. The van der Waals surface area contributed by atoms with E-state index in [1.54, 1.807) is 0 Å². The normalized spacial score (nSPS) is 9.75. The third kappa shape index (κ3) is 6.40. The van der Waals surface area contributed by atoms with Crippen LogP contribution in [0.1, 0.15) is 6.42 Å². The molecule has 0 aromatic rings. The summed E-state index contributed by atoms with van der Waals surface area (Å²) in [5.74, 6) is 0. The minimum atomic E-state index is 0.127. The molecular weight excluding hydrogens is 172 g/mol. The van der Waals surface area contributed by atoms with Crippen LogP contribution in [0.3, 0.4) is 0 Å². The Hall–Kier alpha value is 0.400. The van der Waals surface area contributed by atoms with E-state index in [1.807, 2.05) is 0 Å². The van der Waals surface area contributed by atoms with Crippen LogP contribution < -0.4 is 0 Å². The molecule has 0 spiro atoms. The van der Waals surface area contributed by atoms with Crippen molar-refractivity contribution in [2.24, 2.45) is 0 Å². The standard InChI is InChI=1S/C5H11BrO2/c6-2-1-4-8-5-3-7/h7H,1-5H2. The van der Waals surface area contributed by atoms with Gasteiger partial charge in [-0.15, -0.1) is 0 Å². The summed E-state index contributed by atoms with van der Waals surface area (Å²) in [5, 5.41) is 9.20. The Morgan fingerprint density at radius 2 is 2.12 bits per heavy atom. The zero-order valence-corrected chi connectivity index (χ0v) is 6.35. The van der Waals surface area contributed by atoms with Gasteiger partial charge < -0.3 is 9.84 Å². The van der Waals surface area contributed by atoms with Gasteiger partial charge in [0.05, 0.1) is 13.2 Å². The van der Waals surface area contributed by atoms with Gasteiger partial charge in [-0.3, -0.25) is 0 Å². The molecule has 0 bridgehead atoms. The molecule has 0 aromatic carbocycles. The van der Waals surface area contributed by atoms with Gasteiger partial charge in [0, 0.05) is 11.9 Å². The maximum Gasteiger partial charge on any atom is 0.0697 e. The average molecular weight is 183 g/mol. The first kappa shape index (κ1) is 8.40. The van der Waals surface area contributed by atoms with Gasteiger partial charge in [0.25, 0.3) is 0 Å². The molecule has 2 nitrogen and oxygen atoms in total. The molecule has 0 unspecified atom stereocenters.